The van der Waals surface area contributed by atoms with Crippen LogP contribution in [0.3, 0.4) is 0 Å². The van der Waals surface area contributed by atoms with Gasteiger partial charge in [-0.3, -0.25) is 0 Å². The minimum Gasteiger partial charge on any atom is -0.424 e. The maximum atomic E-state index is 5.43. The van der Waals surface area contributed by atoms with E-state index in [9.17, 15) is 0 Å². The molecule has 3 heterocycles. The molecule has 0 aliphatic rings. The molecule has 3 N–H and O–H groups in total. The molecule has 3 aromatic rings. The van der Waals surface area contributed by atoms with E-state index in [2.05, 4.69) is 15.0 Å². The predicted octanol–water partition coefficient (Wildman–Crippen LogP) is 1.80. The van der Waals surface area contributed by atoms with E-state index in [4.69, 9.17) is 10.2 Å². The fourth-order valence-electron chi connectivity index (χ4n) is 1.57. The second kappa shape index (κ2) is 2.84. The Balaban J connectivity index is 2.27. The van der Waals surface area contributed by atoms with Gasteiger partial charge < -0.3 is 15.1 Å². The number of nitrogens with two attached hydrogens (primary N) is 1. The van der Waals surface area contributed by atoms with Crippen molar-refractivity contribution in [2.24, 2.45) is 0 Å². The van der Waals surface area contributed by atoms with E-state index in [1.54, 1.807) is 12.4 Å². The molecule has 0 spiro atoms. The first-order chi connectivity index (χ1) is 7.34. The van der Waals surface area contributed by atoms with E-state index in [1.807, 2.05) is 18.3 Å². The number of nitrogens with one attached hydrogen (secondary N) is 1. The van der Waals surface area contributed by atoms with Crippen molar-refractivity contribution in [1.82, 2.24) is 15.0 Å². The van der Waals surface area contributed by atoms with Crippen molar-refractivity contribution in [1.29, 1.82) is 0 Å². The van der Waals surface area contributed by atoms with Crippen molar-refractivity contribution in [3.8, 4) is 11.3 Å². The van der Waals surface area contributed by atoms with Crippen LogP contribution in [0, 0.1) is 0 Å². The van der Waals surface area contributed by atoms with Crippen molar-refractivity contribution >= 4 is 17.0 Å². The third-order valence-corrected chi connectivity index (χ3v) is 2.24. The number of fused-ring (bicyclic) bond motifs is 1. The molecule has 0 aromatic carbocycles. The maximum Gasteiger partial charge on any atom is 0.292 e. The Bertz CT molecular complexity index is 610. The quantitative estimate of drug-likeness (QED) is 0.627. The van der Waals surface area contributed by atoms with Gasteiger partial charge in [0.1, 0.15) is 5.65 Å². The molecule has 3 aromatic heterocycles. The van der Waals surface area contributed by atoms with Crippen LogP contribution in [0.2, 0.25) is 0 Å². The van der Waals surface area contributed by atoms with Crippen molar-refractivity contribution in [2.45, 2.75) is 0 Å². The Hall–Kier alpha value is -2.30. The summed E-state index contributed by atoms with van der Waals surface area (Å²) in [4.78, 5) is 11.1. The zero-order valence-electron chi connectivity index (χ0n) is 7.77. The second-order valence-electron chi connectivity index (χ2n) is 3.16. The zero-order valence-corrected chi connectivity index (χ0v) is 7.77. The lowest BCUT2D eigenvalue weighted by Crippen LogP contribution is -1.79. The highest BCUT2D eigenvalue weighted by Crippen LogP contribution is 2.28. The van der Waals surface area contributed by atoms with Crippen molar-refractivity contribution in [2.75, 3.05) is 5.73 Å². The monoisotopic (exact) mass is 200 g/mol. The number of aromatic nitrogens is 3. The van der Waals surface area contributed by atoms with Gasteiger partial charge in [-0.25, -0.2) is 9.97 Å². The third kappa shape index (κ3) is 1.17. The normalized spacial score (nSPS) is 10.9. The number of nitrogen functional groups attached to an aromatic ring is 1. The molecule has 5 nitrogen and oxygen atoms in total. The van der Waals surface area contributed by atoms with Crippen LogP contribution in [0.25, 0.3) is 22.4 Å². The fourth-order valence-corrected chi connectivity index (χ4v) is 1.57. The summed E-state index contributed by atoms with van der Waals surface area (Å²) in [6.07, 6.45) is 5.17. The summed E-state index contributed by atoms with van der Waals surface area (Å²) in [7, 11) is 0. The van der Waals surface area contributed by atoms with Crippen molar-refractivity contribution in [3.63, 3.8) is 0 Å². The van der Waals surface area contributed by atoms with Crippen LogP contribution in [-0.4, -0.2) is 15.0 Å². The van der Waals surface area contributed by atoms with Crippen LogP contribution in [0.4, 0.5) is 6.01 Å². The molecule has 0 atom stereocenters. The first-order valence-corrected chi connectivity index (χ1v) is 4.48. The Morgan fingerprint density at radius 2 is 2.27 bits per heavy atom. The van der Waals surface area contributed by atoms with Gasteiger partial charge in [-0.2, -0.15) is 0 Å². The molecule has 0 amide bonds. The summed E-state index contributed by atoms with van der Waals surface area (Å²) in [5.74, 6) is 0.645. The molecule has 5 heteroatoms. The molecule has 0 radical (unpaired) electrons. The molecule has 0 aliphatic heterocycles. The first-order valence-electron chi connectivity index (χ1n) is 4.48. The Morgan fingerprint density at radius 3 is 3.07 bits per heavy atom. The molecule has 0 aliphatic carbocycles. The van der Waals surface area contributed by atoms with Gasteiger partial charge in [-0.1, -0.05) is 0 Å². The molecule has 0 fully saturated rings. The van der Waals surface area contributed by atoms with Gasteiger partial charge in [-0.15, -0.1) is 0 Å². The largest absolute Gasteiger partial charge is 0.424 e. The SMILES string of the molecule is Nc1ncc(-c2c[nH]c3ncccc23)o1. The van der Waals surface area contributed by atoms with Crippen molar-refractivity contribution in [3.05, 3.63) is 30.7 Å². The van der Waals surface area contributed by atoms with Crippen LogP contribution in [-0.2, 0) is 0 Å². The van der Waals surface area contributed by atoms with E-state index < -0.39 is 0 Å². The zero-order chi connectivity index (χ0) is 10.3. The molecule has 15 heavy (non-hydrogen) atoms. The lowest BCUT2D eigenvalue weighted by atomic mass is 10.2. The predicted molar refractivity (Wildman–Crippen MR) is 56.0 cm³/mol. The molecule has 0 saturated carbocycles. The summed E-state index contributed by atoms with van der Waals surface area (Å²) < 4.78 is 5.25. The fraction of sp³-hybridized carbons (Fsp3) is 0. The number of rotatable bonds is 1. The van der Waals surface area contributed by atoms with Crippen LogP contribution in [0.5, 0.6) is 0 Å². The summed E-state index contributed by atoms with van der Waals surface area (Å²) in [5, 5.41) is 0.994. The van der Waals surface area contributed by atoms with Crippen LogP contribution < -0.4 is 5.73 Å². The number of H-pyrrole nitrogens is 1. The average Bonchev–Trinajstić information content (AvgIpc) is 2.83. The Morgan fingerprint density at radius 1 is 1.33 bits per heavy atom. The summed E-state index contributed by atoms with van der Waals surface area (Å²) in [5.41, 5.74) is 7.17. The lowest BCUT2D eigenvalue weighted by Gasteiger charge is -1.91. The standard InChI is InChI=1S/C10H8N4O/c11-10-14-5-8(15-10)7-4-13-9-6(7)2-1-3-12-9/h1-5H,(H2,11,14)(H,12,13). The highest BCUT2D eigenvalue weighted by Gasteiger charge is 2.10. The number of hydrogen-bond donors (Lipinski definition) is 2. The van der Waals surface area contributed by atoms with Crippen LogP contribution >= 0.6 is 0 Å². The summed E-state index contributed by atoms with van der Waals surface area (Å²) in [6.45, 7) is 0. The van der Waals surface area contributed by atoms with Crippen LogP contribution in [0.15, 0.2) is 35.1 Å². The van der Waals surface area contributed by atoms with E-state index in [1.165, 1.54) is 0 Å². The van der Waals surface area contributed by atoms with Gasteiger partial charge in [0, 0.05) is 23.3 Å². The van der Waals surface area contributed by atoms with E-state index >= 15 is 0 Å². The molecule has 0 saturated heterocycles. The van der Waals surface area contributed by atoms with E-state index in [0.717, 1.165) is 16.6 Å². The van der Waals surface area contributed by atoms with Crippen LogP contribution in [0.1, 0.15) is 0 Å². The smallest absolute Gasteiger partial charge is 0.292 e. The molecular formula is C10H8N4O. The number of hydrogen-bond acceptors (Lipinski definition) is 4. The van der Waals surface area contributed by atoms with Gasteiger partial charge in [0.05, 0.1) is 6.20 Å². The Labute approximate surface area is 85.0 Å². The number of anilines is 1. The number of nitrogens with zero attached hydrogens (tertiary/aromatic N) is 2. The first kappa shape index (κ1) is 8.05. The van der Waals surface area contributed by atoms with Gasteiger partial charge in [0.2, 0.25) is 0 Å². The topological polar surface area (TPSA) is 80.7 Å². The number of aromatic amines is 1. The molecule has 0 bridgehead atoms. The van der Waals surface area contributed by atoms with E-state index in [0.29, 0.717) is 5.76 Å². The van der Waals surface area contributed by atoms with E-state index in [-0.39, 0.29) is 6.01 Å². The van der Waals surface area contributed by atoms with Gasteiger partial charge in [0.15, 0.2) is 5.76 Å². The minimum absolute atomic E-state index is 0.170. The lowest BCUT2D eigenvalue weighted by molar-refractivity contribution is 0.595. The highest BCUT2D eigenvalue weighted by atomic mass is 16.4. The molecular weight excluding hydrogens is 192 g/mol. The average molecular weight is 200 g/mol. The van der Waals surface area contributed by atoms with Gasteiger partial charge in [-0.05, 0) is 12.1 Å². The van der Waals surface area contributed by atoms with Gasteiger partial charge >= 0.3 is 0 Å². The van der Waals surface area contributed by atoms with Gasteiger partial charge in [0.25, 0.3) is 6.01 Å². The minimum atomic E-state index is 0.170. The molecule has 3 rings (SSSR count). The summed E-state index contributed by atoms with van der Waals surface area (Å²) >= 11 is 0. The molecule has 74 valence electrons. The number of oxazole rings is 1. The Kier molecular flexibility index (Phi) is 1.53. The second-order valence-corrected chi connectivity index (χ2v) is 3.16. The summed E-state index contributed by atoms with van der Waals surface area (Å²) in [6, 6.07) is 4.01. The third-order valence-electron chi connectivity index (χ3n) is 2.24. The maximum absolute atomic E-state index is 5.43. The molecule has 0 unspecified atom stereocenters. The highest BCUT2D eigenvalue weighted by molar-refractivity contribution is 5.91. The van der Waals surface area contributed by atoms with Crippen molar-refractivity contribution < 1.29 is 4.42 Å². The number of pyridine rings is 1.